The number of nitrogens with zero attached hydrogens (tertiary/aromatic N) is 1. The van der Waals surface area contributed by atoms with Crippen LogP contribution in [0.15, 0.2) is 24.3 Å². The van der Waals surface area contributed by atoms with E-state index in [4.69, 9.17) is 11.6 Å². The first-order valence-electron chi connectivity index (χ1n) is 8.26. The van der Waals surface area contributed by atoms with E-state index in [0.717, 1.165) is 26.1 Å². The lowest BCUT2D eigenvalue weighted by Gasteiger charge is -2.16. The van der Waals surface area contributed by atoms with Crippen LogP contribution in [0.2, 0.25) is 5.02 Å². The summed E-state index contributed by atoms with van der Waals surface area (Å²) in [5, 5.41) is 16.2. The number of carbonyl (C=O) groups is 1. The third-order valence-corrected chi connectivity index (χ3v) is 4.53. The molecule has 1 aromatic carbocycles. The van der Waals surface area contributed by atoms with Gasteiger partial charge in [0.1, 0.15) is 0 Å². The summed E-state index contributed by atoms with van der Waals surface area (Å²) in [6.07, 6.45) is 1.49. The van der Waals surface area contributed by atoms with Crippen LogP contribution in [0.1, 0.15) is 31.4 Å². The third kappa shape index (κ3) is 5.68. The van der Waals surface area contributed by atoms with Crippen molar-refractivity contribution in [3.8, 4) is 0 Å². The Labute approximate surface area is 143 Å². The maximum Gasteiger partial charge on any atom is 0.314 e. The predicted octanol–water partition coefficient (Wildman–Crippen LogP) is 2.40. The summed E-state index contributed by atoms with van der Waals surface area (Å²) >= 11 is 6.03. The number of hydrogen-bond donors (Lipinski definition) is 3. The Balaban J connectivity index is 1.67. The van der Waals surface area contributed by atoms with Gasteiger partial charge in [-0.15, -0.1) is 0 Å². The zero-order valence-corrected chi connectivity index (χ0v) is 14.4. The second-order valence-electron chi connectivity index (χ2n) is 6.08. The summed E-state index contributed by atoms with van der Waals surface area (Å²) in [6, 6.07) is 6.86. The zero-order chi connectivity index (χ0) is 16.7. The summed E-state index contributed by atoms with van der Waals surface area (Å²) in [7, 11) is 0. The Hall–Kier alpha value is -1.30. The van der Waals surface area contributed by atoms with Gasteiger partial charge < -0.3 is 20.6 Å². The van der Waals surface area contributed by atoms with Crippen molar-refractivity contribution in [1.29, 1.82) is 0 Å². The Bertz CT molecular complexity index is 512. The number of nitrogens with one attached hydrogen (secondary N) is 2. The molecule has 3 N–H and O–H groups in total. The van der Waals surface area contributed by atoms with Gasteiger partial charge in [-0.05, 0) is 37.9 Å². The molecule has 0 aliphatic carbocycles. The summed E-state index contributed by atoms with van der Waals surface area (Å²) in [5.41, 5.74) is 0.625. The number of likely N-dealkylation sites (tertiary alicyclic amines) is 1. The van der Waals surface area contributed by atoms with Crippen molar-refractivity contribution < 1.29 is 9.90 Å². The largest absolute Gasteiger partial charge is 0.387 e. The van der Waals surface area contributed by atoms with E-state index in [2.05, 4.69) is 22.5 Å². The number of rotatable bonds is 7. The smallest absolute Gasteiger partial charge is 0.314 e. The van der Waals surface area contributed by atoms with Crippen LogP contribution in [0.5, 0.6) is 0 Å². The number of urea groups is 1. The molecule has 1 fully saturated rings. The minimum atomic E-state index is -0.805. The van der Waals surface area contributed by atoms with Gasteiger partial charge in [-0.2, -0.15) is 0 Å². The highest BCUT2D eigenvalue weighted by Gasteiger charge is 2.22. The van der Waals surface area contributed by atoms with Gasteiger partial charge in [0.05, 0.1) is 6.10 Å². The maximum absolute atomic E-state index is 11.8. The first kappa shape index (κ1) is 18.0. The van der Waals surface area contributed by atoms with Gasteiger partial charge in [0, 0.05) is 30.2 Å². The van der Waals surface area contributed by atoms with Crippen molar-refractivity contribution in [2.45, 2.75) is 25.9 Å². The molecule has 1 aliphatic heterocycles. The molecule has 1 aliphatic rings. The van der Waals surface area contributed by atoms with Crippen LogP contribution in [0.3, 0.4) is 0 Å². The molecule has 0 radical (unpaired) electrons. The monoisotopic (exact) mass is 339 g/mol. The highest BCUT2D eigenvalue weighted by atomic mass is 35.5. The molecular formula is C17H26ClN3O2. The lowest BCUT2D eigenvalue weighted by molar-refractivity contribution is 0.173. The third-order valence-electron chi connectivity index (χ3n) is 4.18. The Morgan fingerprint density at radius 3 is 2.96 bits per heavy atom. The van der Waals surface area contributed by atoms with Gasteiger partial charge in [-0.25, -0.2) is 4.79 Å². The predicted molar refractivity (Wildman–Crippen MR) is 92.7 cm³/mol. The van der Waals surface area contributed by atoms with E-state index in [1.165, 1.54) is 6.42 Å². The molecule has 0 aromatic heterocycles. The fourth-order valence-corrected chi connectivity index (χ4v) is 3.20. The molecule has 2 unspecified atom stereocenters. The van der Waals surface area contributed by atoms with E-state index in [-0.39, 0.29) is 12.6 Å². The highest BCUT2D eigenvalue weighted by molar-refractivity contribution is 6.31. The Morgan fingerprint density at radius 2 is 2.22 bits per heavy atom. The zero-order valence-electron chi connectivity index (χ0n) is 13.6. The van der Waals surface area contributed by atoms with Gasteiger partial charge >= 0.3 is 6.03 Å². The van der Waals surface area contributed by atoms with E-state index in [9.17, 15) is 9.90 Å². The van der Waals surface area contributed by atoms with Gasteiger partial charge in [-0.1, -0.05) is 36.7 Å². The molecule has 1 aromatic rings. The minimum Gasteiger partial charge on any atom is -0.387 e. The van der Waals surface area contributed by atoms with E-state index in [0.29, 0.717) is 23.0 Å². The Morgan fingerprint density at radius 1 is 1.43 bits per heavy atom. The molecule has 0 spiro atoms. The fourth-order valence-electron chi connectivity index (χ4n) is 2.94. The number of benzene rings is 1. The lowest BCUT2D eigenvalue weighted by Crippen LogP contribution is -2.40. The normalized spacial score (nSPS) is 19.5. The molecule has 2 rings (SSSR count). The standard InChI is InChI=1S/C17H26ClN3O2/c1-2-8-21-9-7-13(12-21)10-19-17(23)20-11-16(22)14-5-3-4-6-15(14)18/h3-6,13,16,22H,2,7-12H2,1H3,(H2,19,20,23). The quantitative estimate of drug-likeness (QED) is 0.714. The van der Waals surface area contributed by atoms with Crippen LogP contribution in [0.4, 0.5) is 4.79 Å². The topological polar surface area (TPSA) is 64.6 Å². The highest BCUT2D eigenvalue weighted by Crippen LogP contribution is 2.21. The maximum atomic E-state index is 11.8. The van der Waals surface area contributed by atoms with Crippen molar-refractivity contribution in [3.05, 3.63) is 34.9 Å². The molecule has 128 valence electrons. The first-order valence-corrected chi connectivity index (χ1v) is 8.64. The average molecular weight is 340 g/mol. The molecule has 5 nitrogen and oxygen atoms in total. The molecule has 6 heteroatoms. The number of aliphatic hydroxyl groups excluding tert-OH is 1. The number of aliphatic hydroxyl groups is 1. The molecule has 2 amide bonds. The molecule has 0 saturated carbocycles. The van der Waals surface area contributed by atoms with Crippen molar-refractivity contribution in [1.82, 2.24) is 15.5 Å². The van der Waals surface area contributed by atoms with Gasteiger partial charge in [0.2, 0.25) is 0 Å². The molecule has 2 atom stereocenters. The molecule has 1 heterocycles. The number of amides is 2. The van der Waals surface area contributed by atoms with E-state index >= 15 is 0 Å². The summed E-state index contributed by atoms with van der Waals surface area (Å²) < 4.78 is 0. The van der Waals surface area contributed by atoms with E-state index in [1.54, 1.807) is 12.1 Å². The van der Waals surface area contributed by atoms with Crippen LogP contribution < -0.4 is 10.6 Å². The molecule has 0 bridgehead atoms. The van der Waals surface area contributed by atoms with Crippen molar-refractivity contribution in [3.63, 3.8) is 0 Å². The molecular weight excluding hydrogens is 314 g/mol. The average Bonchev–Trinajstić information content (AvgIpc) is 2.99. The summed E-state index contributed by atoms with van der Waals surface area (Å²) in [6.45, 7) is 6.30. The van der Waals surface area contributed by atoms with Crippen LogP contribution in [0, 0.1) is 5.92 Å². The SMILES string of the molecule is CCCN1CCC(CNC(=O)NCC(O)c2ccccc2Cl)C1. The molecule has 1 saturated heterocycles. The number of carbonyl (C=O) groups excluding carboxylic acids is 1. The van der Waals surface area contributed by atoms with Gasteiger partial charge in [0.15, 0.2) is 0 Å². The summed E-state index contributed by atoms with van der Waals surface area (Å²) in [4.78, 5) is 14.3. The van der Waals surface area contributed by atoms with Gasteiger partial charge in [0.25, 0.3) is 0 Å². The van der Waals surface area contributed by atoms with Crippen LogP contribution in [0.25, 0.3) is 0 Å². The second kappa shape index (κ2) is 9.11. The van der Waals surface area contributed by atoms with Crippen LogP contribution >= 0.6 is 11.6 Å². The van der Waals surface area contributed by atoms with Crippen LogP contribution in [-0.2, 0) is 0 Å². The summed E-state index contributed by atoms with van der Waals surface area (Å²) in [5.74, 6) is 0.515. The number of hydrogen-bond acceptors (Lipinski definition) is 3. The van der Waals surface area contributed by atoms with Gasteiger partial charge in [-0.3, -0.25) is 0 Å². The van der Waals surface area contributed by atoms with Crippen molar-refractivity contribution in [2.75, 3.05) is 32.7 Å². The second-order valence-corrected chi connectivity index (χ2v) is 6.49. The number of halogens is 1. The van der Waals surface area contributed by atoms with Crippen LogP contribution in [-0.4, -0.2) is 48.8 Å². The minimum absolute atomic E-state index is 0.141. The van der Waals surface area contributed by atoms with E-state index < -0.39 is 6.10 Å². The lowest BCUT2D eigenvalue weighted by atomic mass is 10.1. The molecule has 23 heavy (non-hydrogen) atoms. The van der Waals surface area contributed by atoms with Crippen molar-refractivity contribution >= 4 is 17.6 Å². The fraction of sp³-hybridized carbons (Fsp3) is 0.588. The Kier molecular flexibility index (Phi) is 7.15. The first-order chi connectivity index (χ1) is 11.1. The van der Waals surface area contributed by atoms with E-state index in [1.807, 2.05) is 12.1 Å². The van der Waals surface area contributed by atoms with Crippen molar-refractivity contribution in [2.24, 2.45) is 5.92 Å².